The standard InChI is InChI=1S/C14H14F3N5OS/c1-3-8-22-13(19-20-21-22)24-9(2)12(23)18-11-7-5-4-6-10(11)14(15,16)17/h3-7,9H,1,8H2,2H3,(H,18,23). The van der Waals surface area contributed by atoms with E-state index >= 15 is 0 Å². The second-order valence-corrected chi connectivity index (χ2v) is 6.03. The summed E-state index contributed by atoms with van der Waals surface area (Å²) in [7, 11) is 0. The van der Waals surface area contributed by atoms with Crippen molar-refractivity contribution >= 4 is 23.4 Å². The van der Waals surface area contributed by atoms with Crippen LogP contribution in [0.2, 0.25) is 0 Å². The van der Waals surface area contributed by atoms with Gasteiger partial charge >= 0.3 is 6.18 Å². The lowest BCUT2D eigenvalue weighted by atomic mass is 10.1. The Labute approximate surface area is 140 Å². The van der Waals surface area contributed by atoms with Crippen molar-refractivity contribution in [2.75, 3.05) is 5.32 Å². The number of carbonyl (C=O) groups is 1. The Kier molecular flexibility index (Phi) is 5.60. The average Bonchev–Trinajstić information content (AvgIpc) is 2.94. The van der Waals surface area contributed by atoms with E-state index < -0.39 is 22.9 Å². The maximum absolute atomic E-state index is 12.9. The minimum absolute atomic E-state index is 0.284. The number of aromatic nitrogens is 4. The molecular weight excluding hydrogens is 343 g/mol. The van der Waals surface area contributed by atoms with E-state index in [-0.39, 0.29) is 5.69 Å². The molecular formula is C14H14F3N5OS. The second-order valence-electron chi connectivity index (χ2n) is 4.72. The molecule has 1 N–H and O–H groups in total. The molecule has 6 nitrogen and oxygen atoms in total. The number of alkyl halides is 3. The third kappa shape index (κ3) is 4.34. The number of carbonyl (C=O) groups excluding carboxylic acids is 1. The highest BCUT2D eigenvalue weighted by atomic mass is 32.2. The zero-order valence-electron chi connectivity index (χ0n) is 12.6. The number of benzene rings is 1. The van der Waals surface area contributed by atoms with Crippen molar-refractivity contribution < 1.29 is 18.0 Å². The third-order valence-corrected chi connectivity index (χ3v) is 4.01. The van der Waals surface area contributed by atoms with Crippen LogP contribution in [0.1, 0.15) is 12.5 Å². The molecule has 0 saturated carbocycles. The van der Waals surface area contributed by atoms with Crippen LogP contribution in [0.5, 0.6) is 0 Å². The molecule has 2 aromatic rings. The predicted octanol–water partition coefficient (Wildman–Crippen LogP) is 3.00. The number of rotatable bonds is 6. The van der Waals surface area contributed by atoms with Gasteiger partial charge in [-0.05, 0) is 29.5 Å². The summed E-state index contributed by atoms with van der Waals surface area (Å²) in [5.41, 5.74) is -1.18. The van der Waals surface area contributed by atoms with Gasteiger partial charge < -0.3 is 5.32 Å². The smallest absolute Gasteiger partial charge is 0.325 e. The lowest BCUT2D eigenvalue weighted by molar-refractivity contribution is -0.137. The van der Waals surface area contributed by atoms with Crippen LogP contribution in [-0.4, -0.2) is 31.4 Å². The number of hydrogen-bond donors (Lipinski definition) is 1. The van der Waals surface area contributed by atoms with Crippen LogP contribution in [0.3, 0.4) is 0 Å². The molecule has 1 atom stereocenters. The molecule has 0 aliphatic rings. The molecule has 0 fully saturated rings. The fraction of sp³-hybridized carbons (Fsp3) is 0.286. The quantitative estimate of drug-likeness (QED) is 0.636. The Morgan fingerprint density at radius 2 is 2.17 bits per heavy atom. The number of tetrazole rings is 1. The summed E-state index contributed by atoms with van der Waals surface area (Å²) < 4.78 is 40.3. The molecule has 1 aromatic heterocycles. The fourth-order valence-electron chi connectivity index (χ4n) is 1.80. The molecule has 1 unspecified atom stereocenters. The van der Waals surface area contributed by atoms with Crippen LogP contribution in [0.15, 0.2) is 42.1 Å². The summed E-state index contributed by atoms with van der Waals surface area (Å²) >= 11 is 1.04. The minimum Gasteiger partial charge on any atom is -0.325 e. The van der Waals surface area contributed by atoms with Gasteiger partial charge in [-0.2, -0.15) is 13.2 Å². The van der Waals surface area contributed by atoms with E-state index in [1.165, 1.54) is 22.9 Å². The highest BCUT2D eigenvalue weighted by molar-refractivity contribution is 8.00. The molecule has 0 aliphatic heterocycles. The first-order valence-electron chi connectivity index (χ1n) is 6.83. The zero-order valence-corrected chi connectivity index (χ0v) is 13.4. The number of thioether (sulfide) groups is 1. The summed E-state index contributed by atoms with van der Waals surface area (Å²) in [5, 5.41) is 13.0. The van der Waals surface area contributed by atoms with Crippen molar-refractivity contribution in [2.45, 2.75) is 30.1 Å². The Balaban J connectivity index is 2.10. The molecule has 10 heteroatoms. The van der Waals surface area contributed by atoms with Crippen LogP contribution in [0, 0.1) is 0 Å². The number of anilines is 1. The van der Waals surface area contributed by atoms with Crippen LogP contribution in [0.4, 0.5) is 18.9 Å². The normalized spacial score (nSPS) is 12.7. The number of allylic oxidation sites excluding steroid dienone is 1. The largest absolute Gasteiger partial charge is 0.418 e. The number of nitrogens with zero attached hydrogens (tertiary/aromatic N) is 4. The van der Waals surface area contributed by atoms with E-state index in [9.17, 15) is 18.0 Å². The monoisotopic (exact) mass is 357 g/mol. The molecule has 0 saturated heterocycles. The molecule has 1 amide bonds. The van der Waals surface area contributed by atoms with Gasteiger partial charge in [0.15, 0.2) is 0 Å². The Morgan fingerprint density at radius 3 is 2.83 bits per heavy atom. The molecule has 0 bridgehead atoms. The maximum atomic E-state index is 12.9. The summed E-state index contributed by atoms with van der Waals surface area (Å²) in [6.07, 6.45) is -2.96. The SMILES string of the molecule is C=CCn1nnnc1SC(C)C(=O)Nc1ccccc1C(F)(F)F. The van der Waals surface area contributed by atoms with Crippen molar-refractivity contribution in [3.63, 3.8) is 0 Å². The number of nitrogens with one attached hydrogen (secondary N) is 1. The molecule has 128 valence electrons. The summed E-state index contributed by atoms with van der Waals surface area (Å²) in [4.78, 5) is 12.2. The number of hydrogen-bond acceptors (Lipinski definition) is 5. The van der Waals surface area contributed by atoms with E-state index in [2.05, 4.69) is 27.4 Å². The van der Waals surface area contributed by atoms with Gasteiger partial charge in [0, 0.05) is 0 Å². The number of halogens is 3. The molecule has 24 heavy (non-hydrogen) atoms. The first-order valence-corrected chi connectivity index (χ1v) is 7.71. The van der Waals surface area contributed by atoms with Crippen molar-refractivity contribution in [1.82, 2.24) is 20.2 Å². The van der Waals surface area contributed by atoms with E-state index in [0.29, 0.717) is 11.7 Å². The summed E-state index contributed by atoms with van der Waals surface area (Å²) in [5.74, 6) is -0.579. The van der Waals surface area contributed by atoms with Crippen LogP contribution >= 0.6 is 11.8 Å². The van der Waals surface area contributed by atoms with Crippen molar-refractivity contribution in [3.8, 4) is 0 Å². The molecule has 2 rings (SSSR count). The Hall–Kier alpha value is -2.36. The molecule has 1 aromatic carbocycles. The highest BCUT2D eigenvalue weighted by Crippen LogP contribution is 2.35. The van der Waals surface area contributed by atoms with Crippen LogP contribution in [0.25, 0.3) is 0 Å². The van der Waals surface area contributed by atoms with Crippen LogP contribution in [-0.2, 0) is 17.5 Å². The van der Waals surface area contributed by atoms with Gasteiger partial charge in [-0.3, -0.25) is 4.79 Å². The maximum Gasteiger partial charge on any atom is 0.418 e. The van der Waals surface area contributed by atoms with Crippen molar-refractivity contribution in [2.24, 2.45) is 0 Å². The van der Waals surface area contributed by atoms with Gasteiger partial charge in [-0.15, -0.1) is 11.7 Å². The van der Waals surface area contributed by atoms with Crippen molar-refractivity contribution in [3.05, 3.63) is 42.5 Å². The van der Waals surface area contributed by atoms with Gasteiger partial charge in [0.25, 0.3) is 0 Å². The number of para-hydroxylation sites is 1. The third-order valence-electron chi connectivity index (χ3n) is 2.94. The fourth-order valence-corrected chi connectivity index (χ4v) is 2.60. The number of amides is 1. The van der Waals surface area contributed by atoms with Gasteiger partial charge in [-0.1, -0.05) is 30.0 Å². The summed E-state index contributed by atoms with van der Waals surface area (Å²) in [6.45, 7) is 5.49. The Bertz CT molecular complexity index is 731. The van der Waals surface area contributed by atoms with Crippen LogP contribution < -0.4 is 5.32 Å². The van der Waals surface area contributed by atoms with Gasteiger partial charge in [0.2, 0.25) is 11.1 Å². The zero-order chi connectivity index (χ0) is 17.7. The average molecular weight is 357 g/mol. The minimum atomic E-state index is -4.55. The molecule has 0 radical (unpaired) electrons. The van der Waals surface area contributed by atoms with E-state index in [1.807, 2.05) is 0 Å². The highest BCUT2D eigenvalue weighted by Gasteiger charge is 2.34. The Morgan fingerprint density at radius 1 is 1.46 bits per heavy atom. The lowest BCUT2D eigenvalue weighted by Gasteiger charge is -2.15. The molecule has 1 heterocycles. The van der Waals surface area contributed by atoms with E-state index in [0.717, 1.165) is 17.8 Å². The first kappa shape index (κ1) is 18.0. The predicted molar refractivity (Wildman–Crippen MR) is 83.4 cm³/mol. The first-order chi connectivity index (χ1) is 11.3. The van der Waals surface area contributed by atoms with E-state index in [4.69, 9.17) is 0 Å². The van der Waals surface area contributed by atoms with Gasteiger partial charge in [0.05, 0.1) is 23.0 Å². The van der Waals surface area contributed by atoms with Crippen molar-refractivity contribution in [1.29, 1.82) is 0 Å². The van der Waals surface area contributed by atoms with Gasteiger partial charge in [0.1, 0.15) is 0 Å². The summed E-state index contributed by atoms with van der Waals surface area (Å²) in [6, 6.07) is 4.81. The molecule has 0 aliphatic carbocycles. The lowest BCUT2D eigenvalue weighted by Crippen LogP contribution is -2.24. The topological polar surface area (TPSA) is 72.7 Å². The van der Waals surface area contributed by atoms with Gasteiger partial charge in [-0.25, -0.2) is 4.68 Å². The van der Waals surface area contributed by atoms with E-state index in [1.54, 1.807) is 13.0 Å². The molecule has 0 spiro atoms. The second kappa shape index (κ2) is 7.47.